The molecular formula is C11H9N3O4. The number of amides is 1. The number of carboxylic acid groups (broad SMARTS) is 1. The summed E-state index contributed by atoms with van der Waals surface area (Å²) in [4.78, 5) is 26.2. The number of nitrogens with one attached hydrogen (secondary N) is 1. The summed E-state index contributed by atoms with van der Waals surface area (Å²) in [6.45, 7) is 1.63. The Hall–Kier alpha value is -2.70. The molecule has 0 saturated carbocycles. The van der Waals surface area contributed by atoms with Gasteiger partial charge in [-0.05, 0) is 31.2 Å². The second-order valence-corrected chi connectivity index (χ2v) is 3.48. The topological polar surface area (TPSA) is 105 Å². The van der Waals surface area contributed by atoms with Gasteiger partial charge in [0.1, 0.15) is 0 Å². The van der Waals surface area contributed by atoms with E-state index >= 15 is 0 Å². The SMILES string of the molecule is Cc1noc(NC(=O)c2ccc(C(=O)O)cc2)n1. The molecule has 7 heteroatoms. The highest BCUT2D eigenvalue weighted by Crippen LogP contribution is 2.08. The van der Waals surface area contributed by atoms with Gasteiger partial charge in [-0.15, -0.1) is 0 Å². The molecule has 92 valence electrons. The monoisotopic (exact) mass is 247 g/mol. The Morgan fingerprint density at radius 3 is 2.33 bits per heavy atom. The molecular weight excluding hydrogens is 238 g/mol. The van der Waals surface area contributed by atoms with Crippen molar-refractivity contribution < 1.29 is 19.2 Å². The van der Waals surface area contributed by atoms with E-state index in [4.69, 9.17) is 9.63 Å². The number of hydrogen-bond donors (Lipinski definition) is 2. The van der Waals surface area contributed by atoms with Crippen LogP contribution in [-0.2, 0) is 0 Å². The van der Waals surface area contributed by atoms with Crippen molar-refractivity contribution in [2.24, 2.45) is 0 Å². The van der Waals surface area contributed by atoms with Crippen LogP contribution in [0.3, 0.4) is 0 Å². The van der Waals surface area contributed by atoms with E-state index < -0.39 is 11.9 Å². The molecule has 7 nitrogen and oxygen atoms in total. The number of hydrogen-bond acceptors (Lipinski definition) is 5. The van der Waals surface area contributed by atoms with Crippen molar-refractivity contribution in [2.45, 2.75) is 6.92 Å². The lowest BCUT2D eigenvalue weighted by molar-refractivity contribution is 0.0696. The van der Waals surface area contributed by atoms with Gasteiger partial charge in [-0.3, -0.25) is 10.1 Å². The van der Waals surface area contributed by atoms with Crippen LogP contribution in [-0.4, -0.2) is 27.1 Å². The Labute approximate surface area is 101 Å². The molecule has 1 heterocycles. The smallest absolute Gasteiger partial charge is 0.335 e. The van der Waals surface area contributed by atoms with Crippen molar-refractivity contribution in [1.29, 1.82) is 0 Å². The summed E-state index contributed by atoms with van der Waals surface area (Å²) in [6.07, 6.45) is 0. The average Bonchev–Trinajstić information content (AvgIpc) is 2.75. The molecule has 2 aromatic rings. The molecule has 0 saturated heterocycles. The van der Waals surface area contributed by atoms with Crippen LogP contribution in [0.25, 0.3) is 0 Å². The molecule has 1 aromatic carbocycles. The first-order valence-electron chi connectivity index (χ1n) is 5.01. The molecule has 0 aliphatic rings. The summed E-state index contributed by atoms with van der Waals surface area (Å²) in [5.74, 6) is -1.09. The standard InChI is InChI=1S/C11H9N3O4/c1-6-12-11(18-14-6)13-9(15)7-2-4-8(5-3-7)10(16)17/h2-5H,1H3,(H,16,17)(H,12,13,14,15). The highest BCUT2D eigenvalue weighted by atomic mass is 16.5. The Morgan fingerprint density at radius 2 is 1.83 bits per heavy atom. The fourth-order valence-electron chi connectivity index (χ4n) is 1.28. The quantitative estimate of drug-likeness (QED) is 0.847. The summed E-state index contributed by atoms with van der Waals surface area (Å²) < 4.78 is 4.73. The largest absolute Gasteiger partial charge is 0.478 e. The zero-order valence-electron chi connectivity index (χ0n) is 9.38. The molecule has 1 amide bonds. The molecule has 18 heavy (non-hydrogen) atoms. The van der Waals surface area contributed by atoms with E-state index in [1.54, 1.807) is 6.92 Å². The van der Waals surface area contributed by atoms with Gasteiger partial charge < -0.3 is 9.63 Å². The van der Waals surface area contributed by atoms with Crippen molar-refractivity contribution in [2.75, 3.05) is 5.32 Å². The number of nitrogens with zero attached hydrogens (tertiary/aromatic N) is 2. The molecule has 0 bridgehead atoms. The van der Waals surface area contributed by atoms with Crippen molar-refractivity contribution in [1.82, 2.24) is 10.1 Å². The number of carboxylic acids is 1. The number of rotatable bonds is 3. The van der Waals surface area contributed by atoms with Gasteiger partial charge in [-0.1, -0.05) is 5.16 Å². The van der Waals surface area contributed by atoms with Crippen LogP contribution in [0.5, 0.6) is 0 Å². The molecule has 0 aliphatic carbocycles. The third-order valence-electron chi connectivity index (χ3n) is 2.14. The summed E-state index contributed by atoms with van der Waals surface area (Å²) in [6, 6.07) is 5.50. The fraction of sp³-hybridized carbons (Fsp3) is 0.0909. The zero-order valence-corrected chi connectivity index (χ0v) is 9.38. The van der Waals surface area contributed by atoms with Crippen LogP contribution >= 0.6 is 0 Å². The average molecular weight is 247 g/mol. The predicted octanol–water partition coefficient (Wildman–Crippen LogP) is 1.33. The van der Waals surface area contributed by atoms with E-state index in [2.05, 4.69) is 15.5 Å². The summed E-state index contributed by atoms with van der Waals surface area (Å²) >= 11 is 0. The highest BCUT2D eigenvalue weighted by Gasteiger charge is 2.11. The second-order valence-electron chi connectivity index (χ2n) is 3.48. The van der Waals surface area contributed by atoms with Crippen LogP contribution in [0, 0.1) is 6.92 Å². The van der Waals surface area contributed by atoms with Crippen LogP contribution in [0.15, 0.2) is 28.8 Å². The number of anilines is 1. The number of carbonyl (C=O) groups is 2. The van der Waals surface area contributed by atoms with E-state index in [0.29, 0.717) is 11.4 Å². The molecule has 0 radical (unpaired) electrons. The third kappa shape index (κ3) is 2.51. The van der Waals surface area contributed by atoms with Gasteiger partial charge in [0.25, 0.3) is 5.91 Å². The maximum atomic E-state index is 11.7. The molecule has 2 rings (SSSR count). The predicted molar refractivity (Wildman–Crippen MR) is 60.4 cm³/mol. The Morgan fingerprint density at radius 1 is 1.22 bits per heavy atom. The minimum absolute atomic E-state index is 0.000175. The lowest BCUT2D eigenvalue weighted by atomic mass is 10.1. The maximum Gasteiger partial charge on any atom is 0.335 e. The minimum atomic E-state index is -1.05. The van der Waals surface area contributed by atoms with E-state index in [-0.39, 0.29) is 11.6 Å². The molecule has 2 N–H and O–H groups in total. The van der Waals surface area contributed by atoms with Crippen LogP contribution in [0.4, 0.5) is 6.01 Å². The molecule has 0 atom stereocenters. The van der Waals surface area contributed by atoms with Crippen molar-refractivity contribution in [3.8, 4) is 0 Å². The van der Waals surface area contributed by atoms with Gasteiger partial charge in [0.2, 0.25) is 0 Å². The zero-order chi connectivity index (χ0) is 13.1. The van der Waals surface area contributed by atoms with E-state index in [1.165, 1.54) is 24.3 Å². The van der Waals surface area contributed by atoms with Crippen molar-refractivity contribution in [3.63, 3.8) is 0 Å². The molecule has 0 unspecified atom stereocenters. The summed E-state index contributed by atoms with van der Waals surface area (Å²) in [5.41, 5.74) is 0.413. The Balaban J connectivity index is 2.11. The summed E-state index contributed by atoms with van der Waals surface area (Å²) in [5, 5.41) is 14.6. The third-order valence-corrected chi connectivity index (χ3v) is 2.14. The first-order chi connectivity index (χ1) is 8.56. The number of carbonyl (C=O) groups excluding carboxylic acids is 1. The Kier molecular flexibility index (Phi) is 3.05. The number of aromatic carboxylic acids is 1. The lowest BCUT2D eigenvalue weighted by Crippen LogP contribution is -2.12. The molecule has 1 aromatic heterocycles. The van der Waals surface area contributed by atoms with E-state index in [0.717, 1.165) is 0 Å². The minimum Gasteiger partial charge on any atom is -0.478 e. The van der Waals surface area contributed by atoms with Crippen molar-refractivity contribution >= 4 is 17.9 Å². The molecule has 0 aliphatic heterocycles. The van der Waals surface area contributed by atoms with E-state index in [1.807, 2.05) is 0 Å². The van der Waals surface area contributed by atoms with Gasteiger partial charge in [-0.2, -0.15) is 4.98 Å². The highest BCUT2D eigenvalue weighted by molar-refractivity contribution is 6.03. The van der Waals surface area contributed by atoms with Crippen LogP contribution < -0.4 is 5.32 Å². The van der Waals surface area contributed by atoms with Gasteiger partial charge in [-0.25, -0.2) is 4.79 Å². The van der Waals surface area contributed by atoms with Gasteiger partial charge in [0, 0.05) is 5.56 Å². The second kappa shape index (κ2) is 4.66. The first-order valence-corrected chi connectivity index (χ1v) is 5.01. The normalized spacial score (nSPS) is 10.1. The van der Waals surface area contributed by atoms with Gasteiger partial charge in [0.05, 0.1) is 5.56 Å². The van der Waals surface area contributed by atoms with Gasteiger partial charge in [0.15, 0.2) is 5.82 Å². The van der Waals surface area contributed by atoms with Crippen molar-refractivity contribution in [3.05, 3.63) is 41.2 Å². The first kappa shape index (κ1) is 11.8. The molecule has 0 fully saturated rings. The van der Waals surface area contributed by atoms with E-state index in [9.17, 15) is 9.59 Å². The number of benzene rings is 1. The fourth-order valence-corrected chi connectivity index (χ4v) is 1.28. The Bertz CT molecular complexity index is 589. The number of aryl methyl sites for hydroxylation is 1. The van der Waals surface area contributed by atoms with Crippen LogP contribution in [0.1, 0.15) is 26.5 Å². The molecule has 0 spiro atoms. The lowest BCUT2D eigenvalue weighted by Gasteiger charge is -2.00. The van der Waals surface area contributed by atoms with Gasteiger partial charge >= 0.3 is 12.0 Å². The number of aromatic nitrogens is 2. The maximum absolute atomic E-state index is 11.7. The van der Waals surface area contributed by atoms with Crippen LogP contribution in [0.2, 0.25) is 0 Å². The summed E-state index contributed by atoms with van der Waals surface area (Å²) in [7, 11) is 0.